The molecule has 4 rings (SSSR count). The molecule has 1 atom stereocenters. The summed E-state index contributed by atoms with van der Waals surface area (Å²) in [6, 6.07) is 15.9. The molecule has 4 nitrogen and oxygen atoms in total. The number of fused-ring (bicyclic) bond motifs is 2. The highest BCUT2D eigenvalue weighted by atomic mass is 35.5. The van der Waals surface area contributed by atoms with Gasteiger partial charge >= 0.3 is 0 Å². The molecule has 5 heteroatoms. The minimum atomic E-state index is -0.00985. The van der Waals surface area contributed by atoms with E-state index in [1.54, 1.807) is 12.3 Å². The summed E-state index contributed by atoms with van der Waals surface area (Å²) in [5.41, 5.74) is 4.08. The number of hydrogen-bond acceptors (Lipinski definition) is 3. The predicted molar refractivity (Wildman–Crippen MR) is 101 cm³/mol. The molecule has 126 valence electrons. The Morgan fingerprint density at radius 2 is 2.00 bits per heavy atom. The average Bonchev–Trinajstić information content (AvgIpc) is 2.64. The van der Waals surface area contributed by atoms with Gasteiger partial charge in [0.15, 0.2) is 0 Å². The van der Waals surface area contributed by atoms with Crippen LogP contribution in [0.3, 0.4) is 0 Å². The van der Waals surface area contributed by atoms with E-state index in [-0.39, 0.29) is 11.9 Å². The molecule has 25 heavy (non-hydrogen) atoms. The molecule has 0 bridgehead atoms. The highest BCUT2D eigenvalue weighted by Gasteiger charge is 2.20. The predicted octanol–water partition coefficient (Wildman–Crippen LogP) is 3.93. The molecule has 0 spiro atoms. The van der Waals surface area contributed by atoms with Crippen molar-refractivity contribution in [2.45, 2.75) is 25.4 Å². The Morgan fingerprint density at radius 3 is 2.88 bits per heavy atom. The summed E-state index contributed by atoms with van der Waals surface area (Å²) >= 11 is 6.18. The molecule has 1 aliphatic rings. The first-order valence-corrected chi connectivity index (χ1v) is 8.72. The molecule has 2 aromatic carbocycles. The average molecular weight is 352 g/mol. The summed E-state index contributed by atoms with van der Waals surface area (Å²) in [5, 5.41) is 7.88. The summed E-state index contributed by atoms with van der Waals surface area (Å²) in [6.45, 7) is 0.807. The lowest BCUT2D eigenvalue weighted by Gasteiger charge is -2.25. The van der Waals surface area contributed by atoms with E-state index in [0.717, 1.165) is 24.0 Å². The second-order valence-corrected chi connectivity index (χ2v) is 6.70. The SMILES string of the molecule is O=C(C[C@@H]1Cc2ccccc2CN1)Nc1ccc(Cl)c2ncccc12. The Labute approximate surface area is 151 Å². The minimum absolute atomic E-state index is 0.00985. The van der Waals surface area contributed by atoms with E-state index in [0.29, 0.717) is 17.0 Å². The monoisotopic (exact) mass is 351 g/mol. The summed E-state index contributed by atoms with van der Waals surface area (Å²) in [4.78, 5) is 16.8. The van der Waals surface area contributed by atoms with Crippen molar-refractivity contribution in [3.05, 3.63) is 70.9 Å². The van der Waals surface area contributed by atoms with E-state index in [1.807, 2.05) is 30.3 Å². The lowest BCUT2D eigenvalue weighted by atomic mass is 9.94. The van der Waals surface area contributed by atoms with Crippen LogP contribution in [0.1, 0.15) is 17.5 Å². The first-order valence-electron chi connectivity index (χ1n) is 8.34. The van der Waals surface area contributed by atoms with Crippen LogP contribution < -0.4 is 10.6 Å². The first-order chi connectivity index (χ1) is 12.2. The van der Waals surface area contributed by atoms with Gasteiger partial charge in [-0.25, -0.2) is 0 Å². The molecule has 2 heterocycles. The molecular formula is C20H18ClN3O. The number of pyridine rings is 1. The van der Waals surface area contributed by atoms with Crippen molar-refractivity contribution < 1.29 is 4.79 Å². The van der Waals surface area contributed by atoms with Crippen molar-refractivity contribution in [2.24, 2.45) is 0 Å². The van der Waals surface area contributed by atoms with E-state index >= 15 is 0 Å². The van der Waals surface area contributed by atoms with Gasteiger partial charge in [0.05, 0.1) is 16.2 Å². The van der Waals surface area contributed by atoms with Crippen molar-refractivity contribution in [2.75, 3.05) is 5.32 Å². The Hall–Kier alpha value is -2.43. The Bertz CT molecular complexity index is 941. The van der Waals surface area contributed by atoms with Crippen LogP contribution >= 0.6 is 11.6 Å². The third-order valence-electron chi connectivity index (χ3n) is 4.59. The lowest BCUT2D eigenvalue weighted by Crippen LogP contribution is -2.38. The van der Waals surface area contributed by atoms with Crippen LogP contribution in [0.2, 0.25) is 5.02 Å². The van der Waals surface area contributed by atoms with E-state index in [4.69, 9.17) is 11.6 Å². The number of nitrogens with zero attached hydrogens (tertiary/aromatic N) is 1. The van der Waals surface area contributed by atoms with Gasteiger partial charge in [-0.1, -0.05) is 35.9 Å². The largest absolute Gasteiger partial charge is 0.325 e. The number of halogens is 1. The maximum absolute atomic E-state index is 12.5. The number of nitrogens with one attached hydrogen (secondary N) is 2. The normalized spacial score (nSPS) is 16.4. The van der Waals surface area contributed by atoms with Gasteiger partial charge in [-0.05, 0) is 41.8 Å². The van der Waals surface area contributed by atoms with Crippen molar-refractivity contribution in [1.82, 2.24) is 10.3 Å². The zero-order valence-corrected chi connectivity index (χ0v) is 14.4. The first kappa shape index (κ1) is 16.1. The number of carbonyl (C=O) groups is 1. The third-order valence-corrected chi connectivity index (χ3v) is 4.90. The number of anilines is 1. The van der Waals surface area contributed by atoms with Crippen LogP contribution in [-0.2, 0) is 17.8 Å². The van der Waals surface area contributed by atoms with Gasteiger partial charge in [0.2, 0.25) is 5.91 Å². The second kappa shape index (κ2) is 6.82. The van der Waals surface area contributed by atoms with Crippen molar-refractivity contribution >= 4 is 34.1 Å². The number of amides is 1. The Balaban J connectivity index is 1.48. The maximum atomic E-state index is 12.5. The van der Waals surface area contributed by atoms with Crippen molar-refractivity contribution in [3.63, 3.8) is 0 Å². The van der Waals surface area contributed by atoms with Crippen LogP contribution in [0.4, 0.5) is 5.69 Å². The topological polar surface area (TPSA) is 54.0 Å². The fraction of sp³-hybridized carbons (Fsp3) is 0.200. The lowest BCUT2D eigenvalue weighted by molar-refractivity contribution is -0.116. The zero-order chi connectivity index (χ0) is 17.2. The number of rotatable bonds is 3. The highest BCUT2D eigenvalue weighted by Crippen LogP contribution is 2.28. The van der Waals surface area contributed by atoms with Gasteiger partial charge < -0.3 is 10.6 Å². The molecule has 3 aromatic rings. The number of hydrogen-bond donors (Lipinski definition) is 2. The quantitative estimate of drug-likeness (QED) is 0.751. The summed E-state index contributed by atoms with van der Waals surface area (Å²) < 4.78 is 0. The van der Waals surface area contributed by atoms with E-state index in [1.165, 1.54) is 11.1 Å². The molecule has 0 unspecified atom stereocenters. The van der Waals surface area contributed by atoms with Gasteiger partial charge in [0, 0.05) is 30.6 Å². The molecule has 0 fully saturated rings. The molecule has 1 aliphatic heterocycles. The third kappa shape index (κ3) is 3.36. The smallest absolute Gasteiger partial charge is 0.225 e. The molecule has 0 saturated heterocycles. The molecule has 2 N–H and O–H groups in total. The number of aromatic nitrogens is 1. The zero-order valence-electron chi connectivity index (χ0n) is 13.6. The van der Waals surface area contributed by atoms with Crippen LogP contribution in [0.5, 0.6) is 0 Å². The van der Waals surface area contributed by atoms with Gasteiger partial charge in [0.1, 0.15) is 0 Å². The van der Waals surface area contributed by atoms with Crippen LogP contribution in [0, 0.1) is 0 Å². The molecule has 0 radical (unpaired) electrons. The van der Waals surface area contributed by atoms with Gasteiger partial charge in [-0.3, -0.25) is 9.78 Å². The Kier molecular flexibility index (Phi) is 4.38. The summed E-state index contributed by atoms with van der Waals surface area (Å²) in [5.74, 6) is -0.00985. The van der Waals surface area contributed by atoms with Gasteiger partial charge in [0.25, 0.3) is 0 Å². The van der Waals surface area contributed by atoms with E-state index in [9.17, 15) is 4.79 Å². The molecule has 0 aliphatic carbocycles. The Morgan fingerprint density at radius 1 is 1.16 bits per heavy atom. The summed E-state index contributed by atoms with van der Waals surface area (Å²) in [6.07, 6.45) is 2.99. The van der Waals surface area contributed by atoms with Crippen LogP contribution in [0.25, 0.3) is 10.9 Å². The fourth-order valence-corrected chi connectivity index (χ4v) is 3.55. The van der Waals surface area contributed by atoms with Crippen molar-refractivity contribution in [1.29, 1.82) is 0 Å². The van der Waals surface area contributed by atoms with Crippen molar-refractivity contribution in [3.8, 4) is 0 Å². The minimum Gasteiger partial charge on any atom is -0.325 e. The van der Waals surface area contributed by atoms with Gasteiger partial charge in [-0.2, -0.15) is 0 Å². The van der Waals surface area contributed by atoms with Crippen LogP contribution in [0.15, 0.2) is 54.7 Å². The maximum Gasteiger partial charge on any atom is 0.225 e. The van der Waals surface area contributed by atoms with Gasteiger partial charge in [-0.15, -0.1) is 0 Å². The summed E-state index contributed by atoms with van der Waals surface area (Å²) in [7, 11) is 0. The molecular weight excluding hydrogens is 334 g/mol. The number of carbonyl (C=O) groups excluding carboxylic acids is 1. The highest BCUT2D eigenvalue weighted by molar-refractivity contribution is 6.35. The van der Waals surface area contributed by atoms with Crippen LogP contribution in [-0.4, -0.2) is 16.9 Å². The standard InChI is InChI=1S/C20H18ClN3O/c21-17-7-8-18(16-6-3-9-22-20(16)17)24-19(25)11-15-10-13-4-1-2-5-14(13)12-23-15/h1-9,15,23H,10-12H2,(H,24,25)/t15-/m0/s1. The molecule has 0 saturated carbocycles. The van der Waals surface area contributed by atoms with E-state index < -0.39 is 0 Å². The second-order valence-electron chi connectivity index (χ2n) is 6.30. The molecule has 1 aromatic heterocycles. The number of benzene rings is 2. The fourth-order valence-electron chi connectivity index (χ4n) is 3.34. The van der Waals surface area contributed by atoms with E-state index in [2.05, 4.69) is 27.8 Å². The molecule has 1 amide bonds.